The zero-order valence-electron chi connectivity index (χ0n) is 12.3. The third kappa shape index (κ3) is 4.17. The topological polar surface area (TPSA) is 55.1 Å². The number of carbonyl (C=O) groups is 1. The SMILES string of the molecule is CCC[C@H](N)C(=O)NC(c1ccccc1)c1ccccc1. The van der Waals surface area contributed by atoms with E-state index in [2.05, 4.69) is 5.32 Å². The average molecular weight is 282 g/mol. The first-order valence-corrected chi connectivity index (χ1v) is 7.38. The Hall–Kier alpha value is -2.13. The highest BCUT2D eigenvalue weighted by Gasteiger charge is 2.20. The Kier molecular flexibility index (Phi) is 5.52. The summed E-state index contributed by atoms with van der Waals surface area (Å²) in [5.41, 5.74) is 8.03. The van der Waals surface area contributed by atoms with Crippen molar-refractivity contribution in [2.45, 2.75) is 31.8 Å². The Labute approximate surface area is 126 Å². The van der Waals surface area contributed by atoms with Gasteiger partial charge in [0.25, 0.3) is 0 Å². The molecular weight excluding hydrogens is 260 g/mol. The molecule has 21 heavy (non-hydrogen) atoms. The van der Waals surface area contributed by atoms with Crippen LogP contribution in [0.15, 0.2) is 60.7 Å². The van der Waals surface area contributed by atoms with Gasteiger partial charge in [-0.2, -0.15) is 0 Å². The molecule has 3 nitrogen and oxygen atoms in total. The highest BCUT2D eigenvalue weighted by molar-refractivity contribution is 5.82. The number of benzene rings is 2. The molecular formula is C18H22N2O. The fraction of sp³-hybridized carbons (Fsp3) is 0.278. The molecule has 2 aromatic rings. The molecule has 0 aliphatic heterocycles. The van der Waals surface area contributed by atoms with Gasteiger partial charge in [-0.3, -0.25) is 4.79 Å². The predicted molar refractivity (Wildman–Crippen MR) is 85.8 cm³/mol. The third-order valence-electron chi connectivity index (χ3n) is 3.49. The van der Waals surface area contributed by atoms with E-state index in [0.29, 0.717) is 6.42 Å². The van der Waals surface area contributed by atoms with Gasteiger partial charge >= 0.3 is 0 Å². The van der Waals surface area contributed by atoms with Gasteiger partial charge in [-0.1, -0.05) is 74.0 Å². The Morgan fingerprint density at radius 1 is 1.00 bits per heavy atom. The summed E-state index contributed by atoms with van der Waals surface area (Å²) in [6.45, 7) is 2.03. The van der Waals surface area contributed by atoms with Gasteiger partial charge in [0.05, 0.1) is 12.1 Å². The lowest BCUT2D eigenvalue weighted by molar-refractivity contribution is -0.123. The van der Waals surface area contributed by atoms with Gasteiger partial charge in [-0.15, -0.1) is 0 Å². The normalized spacial score (nSPS) is 12.1. The fourth-order valence-electron chi connectivity index (χ4n) is 2.34. The van der Waals surface area contributed by atoms with E-state index in [1.165, 1.54) is 0 Å². The maximum absolute atomic E-state index is 12.3. The molecule has 1 amide bonds. The van der Waals surface area contributed by atoms with Crippen LogP contribution in [-0.2, 0) is 4.79 Å². The largest absolute Gasteiger partial charge is 0.344 e. The summed E-state index contributed by atoms with van der Waals surface area (Å²) in [6, 6.07) is 19.3. The number of amides is 1. The Morgan fingerprint density at radius 2 is 1.48 bits per heavy atom. The van der Waals surface area contributed by atoms with Crippen LogP contribution in [0.5, 0.6) is 0 Å². The third-order valence-corrected chi connectivity index (χ3v) is 3.49. The van der Waals surface area contributed by atoms with Crippen molar-refractivity contribution in [2.24, 2.45) is 5.73 Å². The monoisotopic (exact) mass is 282 g/mol. The molecule has 0 fully saturated rings. The van der Waals surface area contributed by atoms with E-state index >= 15 is 0 Å². The predicted octanol–water partition coefficient (Wildman–Crippen LogP) is 3.02. The van der Waals surface area contributed by atoms with Crippen molar-refractivity contribution in [3.63, 3.8) is 0 Å². The van der Waals surface area contributed by atoms with Crippen LogP contribution in [0.2, 0.25) is 0 Å². The van der Waals surface area contributed by atoms with E-state index < -0.39 is 6.04 Å². The van der Waals surface area contributed by atoms with Crippen LogP contribution in [-0.4, -0.2) is 11.9 Å². The molecule has 3 heteroatoms. The highest BCUT2D eigenvalue weighted by atomic mass is 16.2. The molecule has 0 aliphatic rings. The average Bonchev–Trinajstić information content (AvgIpc) is 2.54. The van der Waals surface area contributed by atoms with Gasteiger partial charge in [0.2, 0.25) is 5.91 Å². The molecule has 0 radical (unpaired) electrons. The summed E-state index contributed by atoms with van der Waals surface area (Å²) in [5.74, 6) is -0.102. The summed E-state index contributed by atoms with van der Waals surface area (Å²) < 4.78 is 0. The Morgan fingerprint density at radius 3 is 1.90 bits per heavy atom. The molecule has 0 saturated carbocycles. The first-order valence-electron chi connectivity index (χ1n) is 7.38. The molecule has 3 N–H and O–H groups in total. The molecule has 110 valence electrons. The van der Waals surface area contributed by atoms with Crippen molar-refractivity contribution >= 4 is 5.91 Å². The lowest BCUT2D eigenvalue weighted by Crippen LogP contribution is -2.42. The second-order valence-electron chi connectivity index (χ2n) is 5.16. The van der Waals surface area contributed by atoms with E-state index in [1.54, 1.807) is 0 Å². The molecule has 2 aromatic carbocycles. The minimum absolute atomic E-state index is 0.102. The molecule has 0 bridgehead atoms. The highest BCUT2D eigenvalue weighted by Crippen LogP contribution is 2.21. The number of carbonyl (C=O) groups excluding carboxylic acids is 1. The number of hydrogen-bond donors (Lipinski definition) is 2. The van der Waals surface area contributed by atoms with Crippen LogP contribution < -0.4 is 11.1 Å². The number of hydrogen-bond acceptors (Lipinski definition) is 2. The summed E-state index contributed by atoms with van der Waals surface area (Å²) in [7, 11) is 0. The van der Waals surface area contributed by atoms with E-state index in [0.717, 1.165) is 17.5 Å². The van der Waals surface area contributed by atoms with Crippen molar-refractivity contribution in [3.05, 3.63) is 71.8 Å². The summed E-state index contributed by atoms with van der Waals surface area (Å²) in [5, 5.41) is 3.07. The van der Waals surface area contributed by atoms with E-state index in [9.17, 15) is 4.79 Å². The summed E-state index contributed by atoms with van der Waals surface area (Å²) in [6.07, 6.45) is 1.60. The first kappa shape index (κ1) is 15.3. The van der Waals surface area contributed by atoms with Gasteiger partial charge in [-0.25, -0.2) is 0 Å². The van der Waals surface area contributed by atoms with E-state index in [1.807, 2.05) is 67.6 Å². The molecule has 0 aliphatic carbocycles. The van der Waals surface area contributed by atoms with Gasteiger partial charge in [0, 0.05) is 0 Å². The van der Waals surface area contributed by atoms with Crippen LogP contribution in [0.1, 0.15) is 36.9 Å². The molecule has 2 rings (SSSR count). The summed E-state index contributed by atoms with van der Waals surface area (Å²) >= 11 is 0. The van der Waals surface area contributed by atoms with Gasteiger partial charge in [0.15, 0.2) is 0 Å². The van der Waals surface area contributed by atoms with Crippen molar-refractivity contribution in [3.8, 4) is 0 Å². The second kappa shape index (κ2) is 7.60. The zero-order valence-corrected chi connectivity index (χ0v) is 12.3. The maximum atomic E-state index is 12.3. The molecule has 0 heterocycles. The van der Waals surface area contributed by atoms with Gasteiger partial charge in [-0.05, 0) is 17.5 Å². The zero-order chi connectivity index (χ0) is 15.1. The van der Waals surface area contributed by atoms with Crippen LogP contribution in [0, 0.1) is 0 Å². The standard InChI is InChI=1S/C18H22N2O/c1-2-9-16(19)18(21)20-17(14-10-5-3-6-11-14)15-12-7-4-8-13-15/h3-8,10-13,16-17H,2,9,19H2,1H3,(H,20,21)/t16-/m0/s1. The summed E-state index contributed by atoms with van der Waals surface area (Å²) in [4.78, 5) is 12.3. The van der Waals surface area contributed by atoms with E-state index in [4.69, 9.17) is 5.73 Å². The van der Waals surface area contributed by atoms with Crippen LogP contribution in [0.4, 0.5) is 0 Å². The number of nitrogens with two attached hydrogens (primary N) is 1. The number of nitrogens with one attached hydrogen (secondary N) is 1. The smallest absolute Gasteiger partial charge is 0.237 e. The van der Waals surface area contributed by atoms with E-state index in [-0.39, 0.29) is 11.9 Å². The molecule has 0 saturated heterocycles. The van der Waals surface area contributed by atoms with Crippen molar-refractivity contribution in [1.29, 1.82) is 0 Å². The molecule has 1 atom stereocenters. The van der Waals surface area contributed by atoms with Crippen LogP contribution >= 0.6 is 0 Å². The minimum Gasteiger partial charge on any atom is -0.344 e. The minimum atomic E-state index is -0.454. The van der Waals surface area contributed by atoms with Crippen LogP contribution in [0.25, 0.3) is 0 Å². The van der Waals surface area contributed by atoms with Gasteiger partial charge in [0.1, 0.15) is 0 Å². The maximum Gasteiger partial charge on any atom is 0.237 e. The van der Waals surface area contributed by atoms with Gasteiger partial charge < -0.3 is 11.1 Å². The number of rotatable bonds is 6. The molecule has 0 aromatic heterocycles. The first-order chi connectivity index (χ1) is 10.2. The van der Waals surface area contributed by atoms with Crippen molar-refractivity contribution in [1.82, 2.24) is 5.32 Å². The Bertz CT molecular complexity index is 514. The lowest BCUT2D eigenvalue weighted by Gasteiger charge is -2.22. The molecule has 0 spiro atoms. The second-order valence-corrected chi connectivity index (χ2v) is 5.16. The molecule has 0 unspecified atom stereocenters. The lowest BCUT2D eigenvalue weighted by atomic mass is 9.98. The quantitative estimate of drug-likeness (QED) is 0.855. The fourth-order valence-corrected chi connectivity index (χ4v) is 2.34. The Balaban J connectivity index is 2.23. The van der Waals surface area contributed by atoms with Crippen LogP contribution in [0.3, 0.4) is 0 Å². The van der Waals surface area contributed by atoms with Crippen molar-refractivity contribution < 1.29 is 4.79 Å². The van der Waals surface area contributed by atoms with Crippen molar-refractivity contribution in [2.75, 3.05) is 0 Å².